The van der Waals surface area contributed by atoms with Crippen LogP contribution in [-0.4, -0.2) is 14.7 Å². The molecule has 2 aromatic carbocycles. The van der Waals surface area contributed by atoms with Gasteiger partial charge in [0.2, 0.25) is 0 Å². The van der Waals surface area contributed by atoms with Crippen molar-refractivity contribution in [2.45, 2.75) is 30.4 Å². The van der Waals surface area contributed by atoms with Crippen LogP contribution in [0.15, 0.2) is 71.9 Å². The number of thioether (sulfide) groups is 1. The second-order valence-electron chi connectivity index (χ2n) is 7.91. The van der Waals surface area contributed by atoms with E-state index < -0.39 is 0 Å². The van der Waals surface area contributed by atoms with Crippen LogP contribution in [0.1, 0.15) is 20.8 Å². The van der Waals surface area contributed by atoms with E-state index in [9.17, 15) is 4.39 Å². The van der Waals surface area contributed by atoms with Crippen LogP contribution in [0, 0.1) is 5.82 Å². The first-order valence-electron chi connectivity index (χ1n) is 9.55. The van der Waals surface area contributed by atoms with Crippen LogP contribution in [0.2, 0.25) is 5.02 Å². The Labute approximate surface area is 184 Å². The molecule has 0 aliphatic heterocycles. The van der Waals surface area contributed by atoms with Crippen LogP contribution in [-0.2, 0) is 0 Å². The fourth-order valence-corrected chi connectivity index (χ4v) is 4.32. The second kappa shape index (κ2) is 8.25. The van der Waals surface area contributed by atoms with Gasteiger partial charge in [-0.2, -0.15) is 0 Å². The van der Waals surface area contributed by atoms with Gasteiger partial charge in [0, 0.05) is 38.0 Å². The van der Waals surface area contributed by atoms with E-state index in [-0.39, 0.29) is 10.6 Å². The molecule has 0 bridgehead atoms. The first kappa shape index (κ1) is 20.6. The minimum absolute atomic E-state index is 0.0366. The Morgan fingerprint density at radius 3 is 2.60 bits per heavy atom. The SMILES string of the molecule is CC(C)(C)Sc1cnccc1Nc1cc(-c2cc(Cl)ccc2F)nc2ccccc12. The molecule has 0 fully saturated rings. The minimum Gasteiger partial charge on any atom is -0.354 e. The van der Waals surface area contributed by atoms with E-state index in [0.29, 0.717) is 16.3 Å². The van der Waals surface area contributed by atoms with E-state index in [0.717, 1.165) is 27.2 Å². The highest BCUT2D eigenvalue weighted by molar-refractivity contribution is 8.00. The van der Waals surface area contributed by atoms with Crippen LogP contribution < -0.4 is 5.32 Å². The van der Waals surface area contributed by atoms with Crippen molar-refractivity contribution in [1.82, 2.24) is 9.97 Å². The number of benzene rings is 2. The van der Waals surface area contributed by atoms with Crippen LogP contribution >= 0.6 is 23.4 Å². The van der Waals surface area contributed by atoms with Crippen molar-refractivity contribution in [2.24, 2.45) is 0 Å². The molecule has 1 N–H and O–H groups in total. The fourth-order valence-electron chi connectivity index (χ4n) is 3.15. The molecule has 2 aromatic heterocycles. The van der Waals surface area contributed by atoms with E-state index in [4.69, 9.17) is 11.6 Å². The Kier molecular flexibility index (Phi) is 5.67. The maximum Gasteiger partial charge on any atom is 0.132 e. The molecule has 4 aromatic rings. The summed E-state index contributed by atoms with van der Waals surface area (Å²) in [5, 5.41) is 4.94. The summed E-state index contributed by atoms with van der Waals surface area (Å²) < 4.78 is 14.6. The average molecular weight is 438 g/mol. The number of halogens is 2. The van der Waals surface area contributed by atoms with Gasteiger partial charge in [-0.25, -0.2) is 9.37 Å². The average Bonchev–Trinajstić information content (AvgIpc) is 2.70. The van der Waals surface area contributed by atoms with Crippen LogP contribution in [0.5, 0.6) is 0 Å². The van der Waals surface area contributed by atoms with E-state index >= 15 is 0 Å². The number of hydrogen-bond donors (Lipinski definition) is 1. The summed E-state index contributed by atoms with van der Waals surface area (Å²) >= 11 is 7.86. The van der Waals surface area contributed by atoms with Gasteiger partial charge in [-0.05, 0) is 36.4 Å². The van der Waals surface area contributed by atoms with Crippen molar-refractivity contribution < 1.29 is 4.39 Å². The van der Waals surface area contributed by atoms with Gasteiger partial charge in [-0.3, -0.25) is 4.98 Å². The highest BCUT2D eigenvalue weighted by Crippen LogP contribution is 2.39. The van der Waals surface area contributed by atoms with Crippen molar-refractivity contribution in [3.63, 3.8) is 0 Å². The molecule has 6 heteroatoms. The van der Waals surface area contributed by atoms with Crippen molar-refractivity contribution >= 4 is 45.6 Å². The number of para-hydroxylation sites is 1. The molecule has 0 unspecified atom stereocenters. The predicted octanol–water partition coefficient (Wildman–Crippen LogP) is 7.72. The molecule has 0 aliphatic carbocycles. The largest absolute Gasteiger partial charge is 0.354 e. The quantitative estimate of drug-likeness (QED) is 0.331. The lowest BCUT2D eigenvalue weighted by molar-refractivity contribution is 0.631. The summed E-state index contributed by atoms with van der Waals surface area (Å²) in [6.07, 6.45) is 3.62. The number of nitrogens with zero attached hydrogens (tertiary/aromatic N) is 2. The number of pyridine rings is 2. The van der Waals surface area contributed by atoms with Gasteiger partial charge in [0.25, 0.3) is 0 Å². The van der Waals surface area contributed by atoms with E-state index in [1.54, 1.807) is 24.0 Å². The number of anilines is 2. The third-order valence-corrected chi connectivity index (χ3v) is 5.78. The van der Waals surface area contributed by atoms with Crippen LogP contribution in [0.25, 0.3) is 22.2 Å². The zero-order valence-corrected chi connectivity index (χ0v) is 18.5. The molecule has 2 heterocycles. The molecule has 0 spiro atoms. The zero-order chi connectivity index (χ0) is 21.3. The van der Waals surface area contributed by atoms with Crippen molar-refractivity contribution in [1.29, 1.82) is 0 Å². The van der Waals surface area contributed by atoms with Gasteiger partial charge >= 0.3 is 0 Å². The number of fused-ring (bicyclic) bond motifs is 1. The van der Waals surface area contributed by atoms with E-state index in [1.807, 2.05) is 42.6 Å². The number of hydrogen-bond acceptors (Lipinski definition) is 4. The molecule has 0 amide bonds. The smallest absolute Gasteiger partial charge is 0.132 e. The van der Waals surface area contributed by atoms with Gasteiger partial charge in [-0.15, -0.1) is 11.8 Å². The third kappa shape index (κ3) is 4.58. The number of aromatic nitrogens is 2. The first-order chi connectivity index (χ1) is 14.3. The van der Waals surface area contributed by atoms with Gasteiger partial charge in [0.05, 0.1) is 22.6 Å². The van der Waals surface area contributed by atoms with Gasteiger partial charge < -0.3 is 5.32 Å². The Hall–Kier alpha value is -2.63. The first-order valence-corrected chi connectivity index (χ1v) is 10.7. The van der Waals surface area contributed by atoms with Gasteiger partial charge in [0.15, 0.2) is 0 Å². The zero-order valence-electron chi connectivity index (χ0n) is 16.9. The summed E-state index contributed by atoms with van der Waals surface area (Å²) in [4.78, 5) is 10.0. The van der Waals surface area contributed by atoms with E-state index in [1.165, 1.54) is 12.1 Å². The molecule has 0 aliphatic rings. The Morgan fingerprint density at radius 1 is 1.00 bits per heavy atom. The van der Waals surface area contributed by atoms with E-state index in [2.05, 4.69) is 36.1 Å². The Bertz CT molecular complexity index is 1220. The molecule has 152 valence electrons. The predicted molar refractivity (Wildman–Crippen MR) is 125 cm³/mol. The van der Waals surface area contributed by atoms with Gasteiger partial charge in [-0.1, -0.05) is 50.6 Å². The Balaban J connectivity index is 1.85. The van der Waals surface area contributed by atoms with Crippen molar-refractivity contribution in [2.75, 3.05) is 5.32 Å². The molecular weight excluding hydrogens is 417 g/mol. The second-order valence-corrected chi connectivity index (χ2v) is 10.2. The normalized spacial score (nSPS) is 11.6. The lowest BCUT2D eigenvalue weighted by Gasteiger charge is -2.20. The molecule has 0 radical (unpaired) electrons. The summed E-state index contributed by atoms with van der Waals surface area (Å²) in [6.45, 7) is 6.49. The molecule has 30 heavy (non-hydrogen) atoms. The fraction of sp³-hybridized carbons (Fsp3) is 0.167. The number of nitrogens with one attached hydrogen (secondary N) is 1. The van der Waals surface area contributed by atoms with Crippen LogP contribution in [0.4, 0.5) is 15.8 Å². The highest BCUT2D eigenvalue weighted by atomic mass is 35.5. The van der Waals surface area contributed by atoms with Crippen molar-refractivity contribution in [3.8, 4) is 11.3 Å². The summed E-state index contributed by atoms with van der Waals surface area (Å²) in [5.74, 6) is -0.360. The highest BCUT2D eigenvalue weighted by Gasteiger charge is 2.17. The molecule has 0 saturated carbocycles. The molecule has 4 rings (SSSR count). The monoisotopic (exact) mass is 437 g/mol. The molecule has 0 atom stereocenters. The summed E-state index contributed by atoms with van der Waals surface area (Å²) in [7, 11) is 0. The molecular formula is C24H21ClFN3S. The topological polar surface area (TPSA) is 37.8 Å². The van der Waals surface area contributed by atoms with Crippen LogP contribution in [0.3, 0.4) is 0 Å². The maximum absolute atomic E-state index is 14.5. The maximum atomic E-state index is 14.5. The number of rotatable bonds is 4. The minimum atomic E-state index is -0.360. The standard InChI is InChI=1S/C24H21ClFN3S/c1-24(2,3)30-23-14-27-11-10-20(23)29-21-13-22(17-12-15(25)8-9-18(17)26)28-19-7-5-4-6-16(19)21/h4-14H,1-3H3,(H,27,28,29). The summed E-state index contributed by atoms with van der Waals surface area (Å²) in [6, 6.07) is 16.1. The molecule has 0 saturated heterocycles. The molecule has 3 nitrogen and oxygen atoms in total. The lowest BCUT2D eigenvalue weighted by atomic mass is 10.1. The lowest BCUT2D eigenvalue weighted by Crippen LogP contribution is -2.08. The Morgan fingerprint density at radius 2 is 1.80 bits per heavy atom. The van der Waals surface area contributed by atoms with Crippen molar-refractivity contribution in [3.05, 3.63) is 77.8 Å². The van der Waals surface area contributed by atoms with Gasteiger partial charge in [0.1, 0.15) is 5.82 Å². The summed E-state index contributed by atoms with van der Waals surface area (Å²) in [5.41, 5.74) is 3.46. The third-order valence-electron chi connectivity index (χ3n) is 4.39.